The Hall–Kier alpha value is -2.83. The highest BCUT2D eigenvalue weighted by Gasteiger charge is 2.38. The highest BCUT2D eigenvalue weighted by molar-refractivity contribution is 7.13. The molecule has 31 heavy (non-hydrogen) atoms. The summed E-state index contributed by atoms with van der Waals surface area (Å²) in [7, 11) is 0. The van der Waals surface area contributed by atoms with Crippen molar-refractivity contribution in [3.05, 3.63) is 76.4 Å². The van der Waals surface area contributed by atoms with Gasteiger partial charge in [0.25, 0.3) is 5.91 Å². The fourth-order valence-electron chi connectivity index (χ4n) is 4.12. The molecule has 0 spiro atoms. The van der Waals surface area contributed by atoms with Crippen LogP contribution in [0.4, 0.5) is 0 Å². The second kappa shape index (κ2) is 9.12. The Morgan fingerprint density at radius 3 is 2.61 bits per heavy atom. The van der Waals surface area contributed by atoms with Crippen LogP contribution in [0.1, 0.15) is 40.0 Å². The number of rotatable bonds is 6. The molecule has 0 unspecified atom stereocenters. The molecule has 0 aliphatic carbocycles. The molecule has 3 aromatic rings. The monoisotopic (exact) mass is 434 g/mol. The van der Waals surface area contributed by atoms with E-state index in [0.717, 1.165) is 27.3 Å². The number of likely N-dealkylation sites (tertiary alicyclic amines) is 1. The van der Waals surface area contributed by atoms with Gasteiger partial charge in [0.15, 0.2) is 5.78 Å². The number of hydrogen-bond acceptors (Lipinski definition) is 5. The zero-order valence-corrected chi connectivity index (χ0v) is 18.6. The summed E-state index contributed by atoms with van der Waals surface area (Å²) in [4.78, 5) is 32.9. The van der Waals surface area contributed by atoms with Gasteiger partial charge < -0.3 is 10.0 Å². The SMILES string of the molecule is Cc1cccc(C(=O)N2C[C@H](O)C[C@H]2C(=O)CCc2ccc(-c3scnc3C)cc2)c1. The molecule has 0 radical (unpaired) electrons. The number of hydrogen-bond donors (Lipinski definition) is 1. The van der Waals surface area contributed by atoms with Crippen LogP contribution in [0.5, 0.6) is 0 Å². The van der Waals surface area contributed by atoms with E-state index in [1.807, 2.05) is 49.7 Å². The zero-order valence-electron chi connectivity index (χ0n) is 17.7. The van der Waals surface area contributed by atoms with Crippen LogP contribution in [0.15, 0.2) is 54.0 Å². The van der Waals surface area contributed by atoms with Crippen molar-refractivity contribution in [2.24, 2.45) is 0 Å². The van der Waals surface area contributed by atoms with E-state index in [0.29, 0.717) is 24.8 Å². The first kappa shape index (κ1) is 21.4. The van der Waals surface area contributed by atoms with E-state index in [1.54, 1.807) is 17.4 Å². The number of thiazole rings is 1. The van der Waals surface area contributed by atoms with Gasteiger partial charge in [-0.05, 0) is 43.5 Å². The van der Waals surface area contributed by atoms with Gasteiger partial charge in [0.1, 0.15) is 0 Å². The molecule has 2 aromatic carbocycles. The fourth-order valence-corrected chi connectivity index (χ4v) is 4.93. The first-order chi connectivity index (χ1) is 14.9. The van der Waals surface area contributed by atoms with Crippen molar-refractivity contribution in [2.75, 3.05) is 6.54 Å². The van der Waals surface area contributed by atoms with Gasteiger partial charge in [-0.2, -0.15) is 0 Å². The zero-order chi connectivity index (χ0) is 22.0. The van der Waals surface area contributed by atoms with E-state index in [2.05, 4.69) is 17.1 Å². The first-order valence-electron chi connectivity index (χ1n) is 10.5. The van der Waals surface area contributed by atoms with Gasteiger partial charge in [0, 0.05) is 24.9 Å². The predicted octanol–water partition coefficient (Wildman–Crippen LogP) is 4.20. The van der Waals surface area contributed by atoms with Crippen LogP contribution in [0.3, 0.4) is 0 Å². The van der Waals surface area contributed by atoms with Crippen molar-refractivity contribution >= 4 is 23.0 Å². The molecular weight excluding hydrogens is 408 g/mol. The van der Waals surface area contributed by atoms with Gasteiger partial charge in [-0.3, -0.25) is 9.59 Å². The van der Waals surface area contributed by atoms with Crippen molar-refractivity contribution < 1.29 is 14.7 Å². The number of benzene rings is 2. The maximum absolute atomic E-state index is 13.0. The highest BCUT2D eigenvalue weighted by atomic mass is 32.1. The van der Waals surface area contributed by atoms with E-state index in [9.17, 15) is 14.7 Å². The summed E-state index contributed by atoms with van der Waals surface area (Å²) in [5.41, 5.74) is 6.62. The number of aryl methyl sites for hydroxylation is 3. The number of amides is 1. The van der Waals surface area contributed by atoms with Gasteiger partial charge in [-0.15, -0.1) is 11.3 Å². The van der Waals surface area contributed by atoms with Gasteiger partial charge in [0.05, 0.1) is 28.2 Å². The lowest BCUT2D eigenvalue weighted by atomic mass is 10.00. The number of aromatic nitrogens is 1. The third-order valence-electron chi connectivity index (χ3n) is 5.80. The number of ketones is 1. The van der Waals surface area contributed by atoms with Crippen LogP contribution < -0.4 is 0 Å². The summed E-state index contributed by atoms with van der Waals surface area (Å²) in [6.45, 7) is 4.13. The second-order valence-corrected chi connectivity index (χ2v) is 9.02. The van der Waals surface area contributed by atoms with Crippen LogP contribution >= 0.6 is 11.3 Å². The van der Waals surface area contributed by atoms with Crippen LogP contribution in [0.25, 0.3) is 10.4 Å². The maximum Gasteiger partial charge on any atom is 0.254 e. The van der Waals surface area contributed by atoms with Crippen LogP contribution in [-0.2, 0) is 11.2 Å². The third-order valence-corrected chi connectivity index (χ3v) is 6.78. The molecule has 1 fully saturated rings. The molecule has 1 amide bonds. The molecule has 1 N–H and O–H groups in total. The lowest BCUT2D eigenvalue weighted by Gasteiger charge is -2.23. The van der Waals surface area contributed by atoms with Gasteiger partial charge >= 0.3 is 0 Å². The van der Waals surface area contributed by atoms with Crippen molar-refractivity contribution in [3.8, 4) is 10.4 Å². The number of aliphatic hydroxyl groups excluding tert-OH is 1. The van der Waals surface area contributed by atoms with Crippen molar-refractivity contribution in [1.29, 1.82) is 0 Å². The predicted molar refractivity (Wildman–Crippen MR) is 122 cm³/mol. The molecular formula is C25H26N2O3S. The standard InChI is InChI=1S/C25H26N2O3S/c1-16-4-3-5-20(12-16)25(30)27-14-21(28)13-22(27)23(29)11-8-18-6-9-19(10-7-18)24-17(2)26-15-31-24/h3-7,9-10,12,15,21-22,28H,8,11,13-14H2,1-2H3/t21-,22+/m1/s1. The van der Waals surface area contributed by atoms with E-state index < -0.39 is 12.1 Å². The molecule has 160 valence electrons. The van der Waals surface area contributed by atoms with E-state index in [-0.39, 0.29) is 18.2 Å². The van der Waals surface area contributed by atoms with Gasteiger partial charge in [-0.25, -0.2) is 4.98 Å². The van der Waals surface area contributed by atoms with E-state index in [4.69, 9.17) is 0 Å². The lowest BCUT2D eigenvalue weighted by Crippen LogP contribution is -2.40. The Kier molecular flexibility index (Phi) is 6.30. The Morgan fingerprint density at radius 2 is 1.94 bits per heavy atom. The number of aliphatic hydroxyl groups is 1. The van der Waals surface area contributed by atoms with Gasteiger partial charge in [-0.1, -0.05) is 42.0 Å². The maximum atomic E-state index is 13.0. The smallest absolute Gasteiger partial charge is 0.254 e. The number of nitrogens with zero attached hydrogens (tertiary/aromatic N) is 2. The minimum Gasteiger partial charge on any atom is -0.391 e. The van der Waals surface area contributed by atoms with Crippen LogP contribution in [0, 0.1) is 13.8 Å². The molecule has 0 saturated carbocycles. The number of carbonyl (C=O) groups excluding carboxylic acids is 2. The quantitative estimate of drug-likeness (QED) is 0.631. The van der Waals surface area contributed by atoms with E-state index >= 15 is 0 Å². The molecule has 0 bridgehead atoms. The lowest BCUT2D eigenvalue weighted by molar-refractivity contribution is -0.122. The second-order valence-electron chi connectivity index (χ2n) is 8.16. The minimum absolute atomic E-state index is 0.0000640. The molecule has 1 saturated heterocycles. The first-order valence-corrected chi connectivity index (χ1v) is 11.4. The molecule has 2 atom stereocenters. The molecule has 4 rings (SSSR count). The van der Waals surface area contributed by atoms with Crippen LogP contribution in [-0.4, -0.2) is 45.4 Å². The molecule has 6 heteroatoms. The number of carbonyl (C=O) groups is 2. The Balaban J connectivity index is 1.41. The summed E-state index contributed by atoms with van der Waals surface area (Å²) >= 11 is 1.62. The largest absolute Gasteiger partial charge is 0.391 e. The summed E-state index contributed by atoms with van der Waals surface area (Å²) in [6.07, 6.45) is 0.595. The average Bonchev–Trinajstić information content (AvgIpc) is 3.37. The van der Waals surface area contributed by atoms with E-state index in [1.165, 1.54) is 4.90 Å². The topological polar surface area (TPSA) is 70.5 Å². The molecule has 1 aromatic heterocycles. The van der Waals surface area contributed by atoms with Crippen LogP contribution in [0.2, 0.25) is 0 Å². The Morgan fingerprint density at radius 1 is 1.16 bits per heavy atom. The summed E-state index contributed by atoms with van der Waals surface area (Å²) in [6, 6.07) is 15.0. The number of β-amino-alcohol motifs (C(OH)–C–C–N with tert-alkyl or cyclic N) is 1. The normalized spacial score (nSPS) is 18.4. The molecule has 1 aliphatic rings. The minimum atomic E-state index is -0.662. The third kappa shape index (κ3) is 4.75. The average molecular weight is 435 g/mol. The fraction of sp³-hybridized carbons (Fsp3) is 0.320. The Labute approximate surface area is 186 Å². The highest BCUT2D eigenvalue weighted by Crippen LogP contribution is 2.28. The molecule has 1 aliphatic heterocycles. The summed E-state index contributed by atoms with van der Waals surface area (Å²) in [5.74, 6) is -0.192. The summed E-state index contributed by atoms with van der Waals surface area (Å²) in [5, 5.41) is 10.1. The Bertz CT molecular complexity index is 1090. The van der Waals surface area contributed by atoms with Crippen molar-refractivity contribution in [2.45, 2.75) is 45.3 Å². The molecule has 5 nitrogen and oxygen atoms in total. The molecule has 2 heterocycles. The van der Waals surface area contributed by atoms with Gasteiger partial charge in [0.2, 0.25) is 0 Å². The van der Waals surface area contributed by atoms with Crippen molar-refractivity contribution in [3.63, 3.8) is 0 Å². The summed E-state index contributed by atoms with van der Waals surface area (Å²) < 4.78 is 0. The van der Waals surface area contributed by atoms with Crippen molar-refractivity contribution in [1.82, 2.24) is 9.88 Å². The number of Topliss-reactive ketones (excluding diaryl/α,β-unsaturated/α-hetero) is 1.